The molecule has 2 aromatic heterocycles. The number of aliphatic hydroxyl groups excluding tert-OH is 2. The number of nitrogens with zero attached hydrogens (tertiary/aromatic N) is 4. The SMILES string of the molecule is CC(=O)c1ccccc1.CC(C)(COP(=O)(O)OP(=O)(O)OC[C@H]1O[C@@H](n2cnc3c(N)ncnc32)[C@H](O)[C@@H]1OP(=O)(O)O)[C@@H](O)C(=O)NCCC(=O)NCCS. The molecule has 1 aromatic carbocycles. The Kier molecular flexibility index (Phi) is 17.4. The van der Waals surface area contributed by atoms with E-state index in [1.54, 1.807) is 6.92 Å². The molecule has 4 rings (SSSR count). The van der Waals surface area contributed by atoms with Gasteiger partial charge < -0.3 is 50.9 Å². The number of aliphatic hydroxyl groups is 2. The number of ketones is 1. The topological polar surface area (TPSA) is 364 Å². The minimum atomic E-state index is -5.54. The molecule has 1 aliphatic rings. The van der Waals surface area contributed by atoms with E-state index in [4.69, 9.17) is 19.5 Å². The maximum atomic E-state index is 12.6. The molecule has 0 saturated carbocycles. The summed E-state index contributed by atoms with van der Waals surface area (Å²) < 4.78 is 61.7. The van der Waals surface area contributed by atoms with E-state index in [0.29, 0.717) is 12.3 Å². The monoisotopic (exact) mass is 887 g/mol. The molecule has 2 amide bonds. The Morgan fingerprint density at radius 1 is 1.02 bits per heavy atom. The molecule has 7 atom stereocenters. The van der Waals surface area contributed by atoms with E-state index in [1.165, 1.54) is 13.8 Å². The molecule has 1 fully saturated rings. The first-order valence-electron chi connectivity index (χ1n) is 16.5. The Labute approximate surface area is 330 Å². The Morgan fingerprint density at radius 2 is 1.67 bits per heavy atom. The van der Waals surface area contributed by atoms with E-state index in [-0.39, 0.29) is 41.6 Å². The maximum absolute atomic E-state index is 12.6. The number of thiol groups is 1. The van der Waals surface area contributed by atoms with Gasteiger partial charge in [0.15, 0.2) is 23.5 Å². The first-order chi connectivity index (χ1) is 26.5. The number of ether oxygens (including phenoxy) is 1. The molecule has 2 unspecified atom stereocenters. The number of carbonyl (C=O) groups excluding carboxylic acids is 3. The molecule has 0 aliphatic carbocycles. The van der Waals surface area contributed by atoms with Gasteiger partial charge in [-0.1, -0.05) is 44.2 Å². The minimum absolute atomic E-state index is 0.0363. The van der Waals surface area contributed by atoms with Gasteiger partial charge in [-0.2, -0.15) is 16.9 Å². The van der Waals surface area contributed by atoms with Crippen LogP contribution in [0.3, 0.4) is 0 Å². The first-order valence-corrected chi connectivity index (χ1v) is 21.7. The van der Waals surface area contributed by atoms with Gasteiger partial charge in [0.1, 0.15) is 36.3 Å². The third kappa shape index (κ3) is 14.8. The molecular weight excluding hydrogens is 843 g/mol. The fraction of sp³-hybridized carbons (Fsp3) is 0.517. The van der Waals surface area contributed by atoms with Crippen molar-refractivity contribution in [3.8, 4) is 0 Å². The number of hydrogen-bond acceptors (Lipinski definition) is 18. The number of amides is 2. The van der Waals surface area contributed by atoms with Crippen molar-refractivity contribution in [1.82, 2.24) is 30.2 Å². The quantitative estimate of drug-likeness (QED) is 0.0437. The van der Waals surface area contributed by atoms with Crippen LogP contribution < -0.4 is 16.4 Å². The zero-order valence-corrected chi connectivity index (χ0v) is 34.1. The summed E-state index contributed by atoms with van der Waals surface area (Å²) in [6, 6.07) is 9.23. The van der Waals surface area contributed by atoms with Crippen LogP contribution in [-0.2, 0) is 45.9 Å². The highest BCUT2D eigenvalue weighted by atomic mass is 32.1. The van der Waals surface area contributed by atoms with Crippen LogP contribution in [0, 0.1) is 5.41 Å². The largest absolute Gasteiger partial charge is 0.481 e. The summed E-state index contributed by atoms with van der Waals surface area (Å²) in [5, 5.41) is 26.1. The number of imidazole rings is 1. The second kappa shape index (κ2) is 20.7. The number of nitrogen functional groups attached to an aromatic ring is 1. The number of nitrogens with two attached hydrogens (primary N) is 1. The predicted molar refractivity (Wildman–Crippen MR) is 200 cm³/mol. The van der Waals surface area contributed by atoms with Crippen molar-refractivity contribution >= 4 is 70.7 Å². The lowest BCUT2D eigenvalue weighted by Gasteiger charge is -2.30. The van der Waals surface area contributed by atoms with Crippen molar-refractivity contribution in [2.75, 3.05) is 37.8 Å². The molecule has 0 spiro atoms. The fourth-order valence-electron chi connectivity index (χ4n) is 4.81. The van der Waals surface area contributed by atoms with Crippen LogP contribution in [0.2, 0.25) is 0 Å². The molecule has 3 aromatic rings. The first kappa shape index (κ1) is 48.2. The van der Waals surface area contributed by atoms with Crippen LogP contribution in [0.4, 0.5) is 5.82 Å². The third-order valence-electron chi connectivity index (χ3n) is 7.69. The summed E-state index contributed by atoms with van der Waals surface area (Å²) in [7, 11) is -16.3. The molecule has 318 valence electrons. The van der Waals surface area contributed by atoms with Gasteiger partial charge in [0.25, 0.3) is 0 Å². The van der Waals surface area contributed by atoms with Crippen LogP contribution in [0.5, 0.6) is 0 Å². The van der Waals surface area contributed by atoms with Gasteiger partial charge >= 0.3 is 23.5 Å². The van der Waals surface area contributed by atoms with Gasteiger partial charge in [0, 0.05) is 36.2 Å². The van der Waals surface area contributed by atoms with Crippen molar-refractivity contribution < 1.29 is 80.5 Å². The van der Waals surface area contributed by atoms with Crippen molar-refractivity contribution in [2.24, 2.45) is 5.41 Å². The molecular formula is C29H44N7O17P3S. The molecule has 1 saturated heterocycles. The summed E-state index contributed by atoms with van der Waals surface area (Å²) >= 11 is 3.95. The average molecular weight is 888 g/mol. The standard InChI is InChI=1S/C21H36N7O16P3S.C8H8O/c1-21(2,16(31)19(32)24-4-3-12(29)23-5-6-48)8-41-47(38,39)44-46(36,37)40-7-11-15(43-45(33,34)35)14(30)20(42-11)28-10-27-13-17(22)25-9-26-18(13)28;1-7(9)8-5-3-2-4-6-8/h9-11,14-16,20,30-31,48H,3-8H2,1-2H3,(H,23,29)(H,24,32)(H,36,37)(H,38,39)(H2,22,25,26)(H2,33,34,35);2-6H,1H3/t11-,14-,15-,16+,20-;/m1./s1. The summed E-state index contributed by atoms with van der Waals surface area (Å²) in [5.74, 6) is -0.822. The van der Waals surface area contributed by atoms with Crippen molar-refractivity contribution in [3.05, 3.63) is 48.5 Å². The second-order valence-corrected chi connectivity index (χ2v) is 17.4. The number of Topliss-reactive ketones (excluding diaryl/α,β-unsaturated/α-hetero) is 1. The van der Waals surface area contributed by atoms with Gasteiger partial charge in [-0.15, -0.1) is 0 Å². The maximum Gasteiger partial charge on any atom is 0.481 e. The smallest absolute Gasteiger partial charge is 0.386 e. The molecule has 28 heteroatoms. The summed E-state index contributed by atoms with van der Waals surface area (Å²) in [6.45, 7) is 2.29. The number of benzene rings is 1. The number of phosphoric ester groups is 3. The van der Waals surface area contributed by atoms with Gasteiger partial charge in [-0.3, -0.25) is 32.5 Å². The number of rotatable bonds is 19. The van der Waals surface area contributed by atoms with Crippen LogP contribution in [0.15, 0.2) is 43.0 Å². The molecule has 0 bridgehead atoms. The van der Waals surface area contributed by atoms with E-state index >= 15 is 0 Å². The minimum Gasteiger partial charge on any atom is -0.386 e. The lowest BCUT2D eigenvalue weighted by Crippen LogP contribution is -2.46. The number of carbonyl (C=O) groups is 3. The number of hydrogen-bond donors (Lipinski definition) is 10. The number of phosphoric acid groups is 3. The molecule has 57 heavy (non-hydrogen) atoms. The number of aromatic nitrogens is 4. The third-order valence-corrected chi connectivity index (χ3v) is 11.0. The van der Waals surface area contributed by atoms with Crippen molar-refractivity contribution in [3.63, 3.8) is 0 Å². The van der Waals surface area contributed by atoms with E-state index in [2.05, 4.69) is 47.0 Å². The van der Waals surface area contributed by atoms with E-state index < -0.39 is 78.6 Å². The fourth-order valence-corrected chi connectivity index (χ4v) is 7.75. The van der Waals surface area contributed by atoms with Gasteiger partial charge in [-0.05, 0) is 6.92 Å². The van der Waals surface area contributed by atoms with Gasteiger partial charge in [0.2, 0.25) is 11.8 Å². The average Bonchev–Trinajstić information content (AvgIpc) is 3.69. The highest BCUT2D eigenvalue weighted by Gasteiger charge is 2.50. The molecule has 24 nitrogen and oxygen atoms in total. The number of nitrogens with one attached hydrogen (secondary N) is 2. The van der Waals surface area contributed by atoms with Crippen molar-refractivity contribution in [2.45, 2.75) is 57.8 Å². The summed E-state index contributed by atoms with van der Waals surface area (Å²) in [6.07, 6.45) is -6.74. The Bertz CT molecular complexity index is 1990. The van der Waals surface area contributed by atoms with Crippen LogP contribution >= 0.6 is 36.1 Å². The Balaban J connectivity index is 0.000000847. The van der Waals surface area contributed by atoms with Crippen molar-refractivity contribution in [1.29, 1.82) is 0 Å². The number of anilines is 1. The van der Waals surface area contributed by atoms with E-state index in [9.17, 15) is 57.9 Å². The molecule has 0 radical (unpaired) electrons. The lowest BCUT2D eigenvalue weighted by atomic mass is 9.87. The Morgan fingerprint density at radius 3 is 2.26 bits per heavy atom. The summed E-state index contributed by atoms with van der Waals surface area (Å²) in [5.41, 5.74) is 5.07. The van der Waals surface area contributed by atoms with Crippen LogP contribution in [0.1, 0.15) is 43.8 Å². The van der Waals surface area contributed by atoms with Gasteiger partial charge in [0.05, 0.1) is 19.5 Å². The lowest BCUT2D eigenvalue weighted by molar-refractivity contribution is -0.137. The zero-order valence-electron chi connectivity index (χ0n) is 30.5. The highest BCUT2D eigenvalue weighted by Crippen LogP contribution is 2.61. The van der Waals surface area contributed by atoms with E-state index in [1.807, 2.05) is 30.3 Å². The van der Waals surface area contributed by atoms with Crippen LogP contribution in [-0.4, -0.2) is 123 Å². The number of fused-ring (bicyclic) bond motifs is 1. The Hall–Kier alpha value is -3.22. The van der Waals surface area contributed by atoms with Gasteiger partial charge in [-0.25, -0.2) is 28.6 Å². The molecule has 1 aliphatic heterocycles. The normalized spacial score (nSPS) is 21.1. The van der Waals surface area contributed by atoms with E-state index in [0.717, 1.165) is 22.8 Å². The molecule has 10 N–H and O–H groups in total. The zero-order chi connectivity index (χ0) is 42.8. The summed E-state index contributed by atoms with van der Waals surface area (Å²) in [4.78, 5) is 85.3. The van der Waals surface area contributed by atoms with Crippen LogP contribution in [0.25, 0.3) is 11.2 Å². The highest BCUT2D eigenvalue weighted by molar-refractivity contribution is 7.80. The predicted octanol–water partition coefficient (Wildman–Crippen LogP) is 0.224. The molecule has 3 heterocycles. The second-order valence-electron chi connectivity index (χ2n) is 12.7.